The third kappa shape index (κ3) is 3.56. The zero-order valence-electron chi connectivity index (χ0n) is 12.4. The van der Waals surface area contributed by atoms with Crippen LogP contribution in [0.4, 0.5) is 6.01 Å². The van der Waals surface area contributed by atoms with Crippen molar-refractivity contribution in [2.75, 3.05) is 25.6 Å². The Bertz CT molecular complexity index is 725. The van der Waals surface area contributed by atoms with Crippen LogP contribution >= 0.6 is 0 Å². The molecular weight excluding hydrogens is 280 g/mol. The van der Waals surface area contributed by atoms with Gasteiger partial charge in [-0.2, -0.15) is 4.98 Å². The number of nitrogens with one attached hydrogen (secondary N) is 1. The molecule has 0 fully saturated rings. The summed E-state index contributed by atoms with van der Waals surface area (Å²) in [4.78, 5) is 4.36. The van der Waals surface area contributed by atoms with Gasteiger partial charge in [-0.15, -0.1) is 0 Å². The predicted octanol–water partition coefficient (Wildman–Crippen LogP) is 3.47. The molecule has 0 radical (unpaired) electrons. The van der Waals surface area contributed by atoms with Crippen molar-refractivity contribution in [1.82, 2.24) is 4.98 Å². The average molecular weight is 298 g/mol. The number of hydrogen-bond acceptors (Lipinski definition) is 5. The SMILES string of the molecule is COCCNc1nc2ccc(OCc3ccccc3)cc2o1. The molecule has 1 N–H and O–H groups in total. The van der Waals surface area contributed by atoms with Gasteiger partial charge in [-0.1, -0.05) is 30.3 Å². The summed E-state index contributed by atoms with van der Waals surface area (Å²) in [6, 6.07) is 16.2. The molecule has 1 aromatic heterocycles. The second-order valence-corrected chi connectivity index (χ2v) is 4.84. The van der Waals surface area contributed by atoms with Gasteiger partial charge in [0.1, 0.15) is 17.9 Å². The highest BCUT2D eigenvalue weighted by Crippen LogP contribution is 2.24. The summed E-state index contributed by atoms with van der Waals surface area (Å²) >= 11 is 0. The Morgan fingerprint density at radius 3 is 2.82 bits per heavy atom. The molecule has 0 bridgehead atoms. The highest BCUT2D eigenvalue weighted by molar-refractivity contribution is 5.76. The molecule has 2 aromatic carbocycles. The van der Waals surface area contributed by atoms with E-state index in [1.54, 1.807) is 7.11 Å². The number of fused-ring (bicyclic) bond motifs is 1. The zero-order valence-corrected chi connectivity index (χ0v) is 12.4. The molecule has 5 nitrogen and oxygen atoms in total. The standard InChI is InChI=1S/C17H18N2O3/c1-20-10-9-18-17-19-15-8-7-14(11-16(15)22-17)21-12-13-5-3-2-4-6-13/h2-8,11H,9-10,12H2,1H3,(H,18,19). The molecule has 3 aromatic rings. The Balaban J connectivity index is 1.67. The molecule has 0 spiro atoms. The van der Waals surface area contributed by atoms with E-state index in [1.807, 2.05) is 48.5 Å². The first-order valence-corrected chi connectivity index (χ1v) is 7.15. The van der Waals surface area contributed by atoms with E-state index in [0.717, 1.165) is 16.8 Å². The Morgan fingerprint density at radius 2 is 2.00 bits per heavy atom. The van der Waals surface area contributed by atoms with Crippen LogP contribution in [-0.4, -0.2) is 25.2 Å². The number of aromatic nitrogens is 1. The van der Waals surface area contributed by atoms with Gasteiger partial charge in [0.05, 0.1) is 6.61 Å². The summed E-state index contributed by atoms with van der Waals surface area (Å²) in [6.45, 7) is 1.78. The fourth-order valence-corrected chi connectivity index (χ4v) is 2.07. The van der Waals surface area contributed by atoms with E-state index in [-0.39, 0.29) is 0 Å². The first kappa shape index (κ1) is 14.4. The van der Waals surface area contributed by atoms with Crippen molar-refractivity contribution in [2.45, 2.75) is 6.61 Å². The lowest BCUT2D eigenvalue weighted by molar-refractivity contribution is 0.210. The molecule has 0 aliphatic carbocycles. The van der Waals surface area contributed by atoms with E-state index in [2.05, 4.69) is 10.3 Å². The monoisotopic (exact) mass is 298 g/mol. The van der Waals surface area contributed by atoms with Crippen LogP contribution in [0.3, 0.4) is 0 Å². The van der Waals surface area contributed by atoms with Crippen LogP contribution in [0.1, 0.15) is 5.56 Å². The maximum atomic E-state index is 5.78. The first-order valence-electron chi connectivity index (χ1n) is 7.15. The van der Waals surface area contributed by atoms with Crippen LogP contribution in [0, 0.1) is 0 Å². The lowest BCUT2D eigenvalue weighted by Gasteiger charge is -2.05. The molecule has 22 heavy (non-hydrogen) atoms. The van der Waals surface area contributed by atoms with Gasteiger partial charge in [0, 0.05) is 19.7 Å². The van der Waals surface area contributed by atoms with E-state index >= 15 is 0 Å². The molecule has 3 rings (SSSR count). The van der Waals surface area contributed by atoms with Crippen molar-refractivity contribution >= 4 is 17.1 Å². The van der Waals surface area contributed by atoms with Gasteiger partial charge in [-0.25, -0.2) is 0 Å². The summed E-state index contributed by atoms with van der Waals surface area (Å²) in [7, 11) is 1.66. The third-order valence-corrected chi connectivity index (χ3v) is 3.19. The number of anilines is 1. The van der Waals surface area contributed by atoms with Gasteiger partial charge < -0.3 is 19.2 Å². The smallest absolute Gasteiger partial charge is 0.295 e. The van der Waals surface area contributed by atoms with Crippen LogP contribution in [0.2, 0.25) is 0 Å². The third-order valence-electron chi connectivity index (χ3n) is 3.19. The summed E-state index contributed by atoms with van der Waals surface area (Å²) < 4.78 is 16.4. The number of hydrogen-bond donors (Lipinski definition) is 1. The minimum atomic E-state index is 0.493. The fraction of sp³-hybridized carbons (Fsp3) is 0.235. The van der Waals surface area contributed by atoms with E-state index in [0.29, 0.717) is 31.4 Å². The predicted molar refractivity (Wildman–Crippen MR) is 85.1 cm³/mol. The summed E-state index contributed by atoms with van der Waals surface area (Å²) in [5.41, 5.74) is 2.62. The average Bonchev–Trinajstić information content (AvgIpc) is 2.96. The molecule has 114 valence electrons. The minimum Gasteiger partial charge on any atom is -0.489 e. The van der Waals surface area contributed by atoms with Gasteiger partial charge in [-0.05, 0) is 17.7 Å². The Labute approximate surface area is 128 Å². The number of rotatable bonds is 7. The van der Waals surface area contributed by atoms with Crippen LogP contribution in [0.5, 0.6) is 5.75 Å². The summed E-state index contributed by atoms with van der Waals surface area (Å²) in [5.74, 6) is 0.760. The molecule has 0 aliphatic heterocycles. The largest absolute Gasteiger partial charge is 0.489 e. The second-order valence-electron chi connectivity index (χ2n) is 4.84. The summed E-state index contributed by atoms with van der Waals surface area (Å²) in [6.07, 6.45) is 0. The number of benzene rings is 2. The molecule has 0 amide bonds. The van der Waals surface area contributed by atoms with Crippen LogP contribution in [0.25, 0.3) is 11.1 Å². The van der Waals surface area contributed by atoms with Crippen LogP contribution in [-0.2, 0) is 11.3 Å². The molecule has 0 saturated carbocycles. The molecular formula is C17H18N2O3. The molecule has 0 unspecified atom stereocenters. The van der Waals surface area contributed by atoms with Crippen LogP contribution < -0.4 is 10.1 Å². The molecule has 0 aliphatic rings. The molecule has 5 heteroatoms. The first-order chi connectivity index (χ1) is 10.8. The van der Waals surface area contributed by atoms with Crippen molar-refractivity contribution in [1.29, 1.82) is 0 Å². The number of nitrogens with zero attached hydrogens (tertiary/aromatic N) is 1. The van der Waals surface area contributed by atoms with Crippen molar-refractivity contribution in [3.63, 3.8) is 0 Å². The van der Waals surface area contributed by atoms with Gasteiger partial charge in [-0.3, -0.25) is 0 Å². The Morgan fingerprint density at radius 1 is 1.14 bits per heavy atom. The maximum Gasteiger partial charge on any atom is 0.295 e. The summed E-state index contributed by atoms with van der Waals surface area (Å²) in [5, 5.41) is 3.07. The van der Waals surface area contributed by atoms with Gasteiger partial charge >= 0.3 is 0 Å². The fourth-order valence-electron chi connectivity index (χ4n) is 2.07. The molecule has 0 atom stereocenters. The normalized spacial score (nSPS) is 10.8. The minimum absolute atomic E-state index is 0.493. The molecule has 1 heterocycles. The lowest BCUT2D eigenvalue weighted by Crippen LogP contribution is -2.07. The van der Waals surface area contributed by atoms with Crippen molar-refractivity contribution < 1.29 is 13.9 Å². The Kier molecular flexibility index (Phi) is 4.56. The number of ether oxygens (including phenoxy) is 2. The number of methoxy groups -OCH3 is 1. The number of oxazole rings is 1. The van der Waals surface area contributed by atoms with E-state index in [1.165, 1.54) is 0 Å². The van der Waals surface area contributed by atoms with E-state index < -0.39 is 0 Å². The maximum absolute atomic E-state index is 5.78. The Hall–Kier alpha value is -2.53. The van der Waals surface area contributed by atoms with Crippen molar-refractivity contribution in [3.05, 3.63) is 54.1 Å². The van der Waals surface area contributed by atoms with E-state index in [9.17, 15) is 0 Å². The van der Waals surface area contributed by atoms with Gasteiger partial charge in [0.2, 0.25) is 0 Å². The zero-order chi connectivity index (χ0) is 15.2. The molecule has 0 saturated heterocycles. The van der Waals surface area contributed by atoms with E-state index in [4.69, 9.17) is 13.9 Å². The van der Waals surface area contributed by atoms with Gasteiger partial charge in [0.25, 0.3) is 6.01 Å². The van der Waals surface area contributed by atoms with Crippen LogP contribution in [0.15, 0.2) is 52.9 Å². The topological polar surface area (TPSA) is 56.5 Å². The highest BCUT2D eigenvalue weighted by Gasteiger charge is 2.06. The van der Waals surface area contributed by atoms with Crippen molar-refractivity contribution in [3.8, 4) is 5.75 Å². The lowest BCUT2D eigenvalue weighted by atomic mass is 10.2. The highest BCUT2D eigenvalue weighted by atomic mass is 16.5. The van der Waals surface area contributed by atoms with Gasteiger partial charge in [0.15, 0.2) is 5.58 Å². The quantitative estimate of drug-likeness (QED) is 0.677. The second kappa shape index (κ2) is 6.95. The van der Waals surface area contributed by atoms with Crippen molar-refractivity contribution in [2.24, 2.45) is 0 Å².